The lowest BCUT2D eigenvalue weighted by Gasteiger charge is -2.12. The molecular formula is C4H6Br2N2O2. The van der Waals surface area contributed by atoms with Crippen LogP contribution in [-0.4, -0.2) is 22.1 Å². The molecule has 3 N–H and O–H groups in total. The Morgan fingerprint density at radius 3 is 2.00 bits per heavy atom. The van der Waals surface area contributed by atoms with Crippen molar-refractivity contribution in [3.63, 3.8) is 0 Å². The normalized spacial score (nSPS) is 10.7. The smallest absolute Gasteiger partial charge is 0.257 e. The molecule has 0 aliphatic carbocycles. The third-order valence-electron chi connectivity index (χ3n) is 0.822. The summed E-state index contributed by atoms with van der Waals surface area (Å²) in [6, 6.07) is 0. The van der Waals surface area contributed by atoms with Crippen LogP contribution in [0.15, 0.2) is 0 Å². The largest absolute Gasteiger partial charge is 0.367 e. The Bertz CT molecular complexity index is 169. The molecule has 0 rings (SSSR count). The van der Waals surface area contributed by atoms with E-state index in [1.807, 2.05) is 0 Å². The average Bonchev–Trinajstić information content (AvgIpc) is 1.86. The van der Waals surface area contributed by atoms with Gasteiger partial charge in [0.1, 0.15) is 0 Å². The van der Waals surface area contributed by atoms with Gasteiger partial charge < -0.3 is 11.1 Å². The van der Waals surface area contributed by atoms with E-state index in [2.05, 4.69) is 37.2 Å². The van der Waals surface area contributed by atoms with E-state index in [4.69, 9.17) is 5.73 Å². The molecular weight excluding hydrogens is 268 g/mol. The van der Waals surface area contributed by atoms with Crippen molar-refractivity contribution in [2.45, 2.75) is 3.23 Å². The number of primary amides is 1. The van der Waals surface area contributed by atoms with Crippen LogP contribution in [0.3, 0.4) is 0 Å². The summed E-state index contributed by atoms with van der Waals surface area (Å²) in [6.45, 7) is 0. The molecule has 0 aliphatic heterocycles. The molecule has 0 saturated carbocycles. The lowest BCUT2D eigenvalue weighted by Crippen LogP contribution is -2.45. The highest BCUT2D eigenvalue weighted by atomic mass is 79.9. The van der Waals surface area contributed by atoms with E-state index in [0.29, 0.717) is 0 Å². The van der Waals surface area contributed by atoms with E-state index < -0.39 is 15.0 Å². The van der Waals surface area contributed by atoms with E-state index in [-0.39, 0.29) is 0 Å². The number of rotatable bonds is 2. The summed E-state index contributed by atoms with van der Waals surface area (Å²) < 4.78 is -1.48. The van der Waals surface area contributed by atoms with E-state index in [9.17, 15) is 9.59 Å². The molecule has 0 spiro atoms. The number of amides is 2. The van der Waals surface area contributed by atoms with Crippen LogP contribution in [0.1, 0.15) is 0 Å². The van der Waals surface area contributed by atoms with Gasteiger partial charge in [-0.1, -0.05) is 31.9 Å². The van der Waals surface area contributed by atoms with Crippen LogP contribution in [0.5, 0.6) is 0 Å². The number of nitrogens with two attached hydrogens (primary N) is 1. The van der Waals surface area contributed by atoms with Gasteiger partial charge in [0, 0.05) is 7.05 Å². The first-order chi connectivity index (χ1) is 4.42. The zero-order valence-electron chi connectivity index (χ0n) is 5.15. The number of carbonyl (C=O) groups is 2. The second-order valence-electron chi connectivity index (χ2n) is 1.52. The highest BCUT2D eigenvalue weighted by Gasteiger charge is 2.38. The zero-order valence-corrected chi connectivity index (χ0v) is 8.32. The molecule has 6 heteroatoms. The first kappa shape index (κ1) is 9.90. The second-order valence-corrected chi connectivity index (χ2v) is 4.96. The van der Waals surface area contributed by atoms with Crippen LogP contribution in [0.2, 0.25) is 0 Å². The number of carbonyl (C=O) groups excluding carboxylic acids is 2. The first-order valence-electron chi connectivity index (χ1n) is 2.32. The lowest BCUT2D eigenvalue weighted by atomic mass is 10.4. The van der Waals surface area contributed by atoms with Crippen molar-refractivity contribution in [2.75, 3.05) is 7.05 Å². The fourth-order valence-corrected chi connectivity index (χ4v) is 0.665. The summed E-state index contributed by atoms with van der Waals surface area (Å²) in [5.41, 5.74) is 4.85. The zero-order chi connectivity index (χ0) is 8.36. The highest BCUT2D eigenvalue weighted by Crippen LogP contribution is 2.25. The summed E-state index contributed by atoms with van der Waals surface area (Å²) >= 11 is 5.60. The summed E-state index contributed by atoms with van der Waals surface area (Å²) in [6.07, 6.45) is 0. The first-order valence-corrected chi connectivity index (χ1v) is 3.91. The Hall–Kier alpha value is -0.100. The Morgan fingerprint density at radius 2 is 1.90 bits per heavy atom. The van der Waals surface area contributed by atoms with Gasteiger partial charge in [0.25, 0.3) is 11.8 Å². The van der Waals surface area contributed by atoms with Gasteiger partial charge in [-0.2, -0.15) is 0 Å². The van der Waals surface area contributed by atoms with Crippen LogP contribution >= 0.6 is 31.9 Å². The number of nitrogens with one attached hydrogen (secondary N) is 1. The molecule has 0 aromatic heterocycles. The van der Waals surface area contributed by atoms with Crippen molar-refractivity contribution in [3.8, 4) is 0 Å². The third kappa shape index (κ3) is 1.95. The SMILES string of the molecule is CNC(=O)C(Br)(Br)C(N)=O. The fraction of sp³-hybridized carbons (Fsp3) is 0.500. The molecule has 0 saturated heterocycles. The van der Waals surface area contributed by atoms with E-state index >= 15 is 0 Å². The number of hydrogen-bond acceptors (Lipinski definition) is 2. The fourth-order valence-electron chi connectivity index (χ4n) is 0.269. The monoisotopic (exact) mass is 272 g/mol. The van der Waals surface area contributed by atoms with Gasteiger partial charge in [-0.05, 0) is 0 Å². The van der Waals surface area contributed by atoms with Crippen molar-refractivity contribution in [2.24, 2.45) is 5.73 Å². The lowest BCUT2D eigenvalue weighted by molar-refractivity contribution is -0.127. The van der Waals surface area contributed by atoms with Crippen LogP contribution in [0.25, 0.3) is 0 Å². The van der Waals surface area contributed by atoms with Gasteiger partial charge in [0.2, 0.25) is 3.23 Å². The molecule has 4 nitrogen and oxygen atoms in total. The Kier molecular flexibility index (Phi) is 3.30. The van der Waals surface area contributed by atoms with Gasteiger partial charge in [-0.25, -0.2) is 0 Å². The molecule has 0 heterocycles. The second kappa shape index (κ2) is 3.34. The van der Waals surface area contributed by atoms with Gasteiger partial charge in [-0.15, -0.1) is 0 Å². The molecule has 10 heavy (non-hydrogen) atoms. The molecule has 0 atom stereocenters. The minimum atomic E-state index is -1.48. The standard InChI is InChI=1S/C4H6Br2N2O2/c1-8-3(10)4(5,6)2(7)9/h1H3,(H2,7,9)(H,8,10). The van der Waals surface area contributed by atoms with E-state index in [1.54, 1.807) is 0 Å². The van der Waals surface area contributed by atoms with Crippen LogP contribution in [-0.2, 0) is 9.59 Å². The molecule has 2 amide bonds. The maximum absolute atomic E-state index is 10.8. The number of hydrogen-bond donors (Lipinski definition) is 2. The number of halogens is 2. The van der Waals surface area contributed by atoms with Crippen LogP contribution < -0.4 is 11.1 Å². The molecule has 0 aliphatic rings. The van der Waals surface area contributed by atoms with E-state index in [0.717, 1.165) is 0 Å². The highest BCUT2D eigenvalue weighted by molar-refractivity contribution is 9.26. The molecule has 0 radical (unpaired) electrons. The van der Waals surface area contributed by atoms with E-state index in [1.165, 1.54) is 7.05 Å². The molecule has 58 valence electrons. The van der Waals surface area contributed by atoms with Gasteiger partial charge in [0.15, 0.2) is 0 Å². The van der Waals surface area contributed by atoms with Gasteiger partial charge in [-0.3, -0.25) is 9.59 Å². The minimum absolute atomic E-state index is 0.528. The Labute approximate surface area is 74.8 Å². The summed E-state index contributed by atoms with van der Waals surface area (Å²) in [5.74, 6) is -1.31. The van der Waals surface area contributed by atoms with Crippen LogP contribution in [0, 0.1) is 0 Å². The van der Waals surface area contributed by atoms with Crippen LogP contribution in [0.4, 0.5) is 0 Å². The Balaban J connectivity index is 4.40. The average molecular weight is 274 g/mol. The quantitative estimate of drug-likeness (QED) is 0.536. The maximum atomic E-state index is 10.8. The molecule has 0 aromatic rings. The predicted molar refractivity (Wildman–Crippen MR) is 43.8 cm³/mol. The topological polar surface area (TPSA) is 72.2 Å². The molecule has 0 fully saturated rings. The van der Waals surface area contributed by atoms with Crippen molar-refractivity contribution in [3.05, 3.63) is 0 Å². The van der Waals surface area contributed by atoms with Crippen molar-refractivity contribution in [1.29, 1.82) is 0 Å². The Morgan fingerprint density at radius 1 is 1.50 bits per heavy atom. The van der Waals surface area contributed by atoms with Gasteiger partial charge in [0.05, 0.1) is 0 Å². The number of alkyl halides is 2. The summed E-state index contributed by atoms with van der Waals surface area (Å²) in [7, 11) is 1.41. The van der Waals surface area contributed by atoms with Crippen molar-refractivity contribution >= 4 is 43.7 Å². The third-order valence-corrected chi connectivity index (χ3v) is 2.32. The molecule has 0 unspecified atom stereocenters. The molecule has 0 bridgehead atoms. The minimum Gasteiger partial charge on any atom is -0.367 e. The van der Waals surface area contributed by atoms with Crippen molar-refractivity contribution in [1.82, 2.24) is 5.32 Å². The predicted octanol–water partition coefficient (Wildman–Crippen LogP) is -0.296. The van der Waals surface area contributed by atoms with Gasteiger partial charge >= 0.3 is 0 Å². The molecule has 0 aromatic carbocycles. The summed E-state index contributed by atoms with van der Waals surface area (Å²) in [4.78, 5) is 21.3. The maximum Gasteiger partial charge on any atom is 0.257 e. The summed E-state index contributed by atoms with van der Waals surface area (Å²) in [5, 5.41) is 2.25. The van der Waals surface area contributed by atoms with Crippen molar-refractivity contribution < 1.29 is 9.59 Å².